The molecule has 1 amide bonds. The van der Waals surface area contributed by atoms with E-state index in [0.717, 1.165) is 20.5 Å². The number of carbonyl (C=O) groups is 2. The van der Waals surface area contributed by atoms with Crippen LogP contribution in [-0.4, -0.2) is 17.0 Å². The normalized spacial score (nSPS) is 11.6. The second kappa shape index (κ2) is 5.24. The number of thiophene rings is 1. The second-order valence-corrected chi connectivity index (χ2v) is 5.22. The monoisotopic (exact) mass is 275 g/mol. The standard InChI is InChI=1S/C14H13NO3S/c1-8-10-5-3-4-6-12(10)19-13(8)7-11(14(17)18)15-9(2)16/h3-7H,1-2H3,(H,15,16)(H,17,18)/b11-7+. The molecule has 0 spiro atoms. The topological polar surface area (TPSA) is 66.4 Å². The minimum Gasteiger partial charge on any atom is -0.477 e. The lowest BCUT2D eigenvalue weighted by Gasteiger charge is -2.02. The lowest BCUT2D eigenvalue weighted by molar-refractivity contribution is -0.134. The predicted octanol–water partition coefficient (Wildman–Crippen LogP) is 2.77. The van der Waals surface area contributed by atoms with Gasteiger partial charge in [0, 0.05) is 16.5 Å². The highest BCUT2D eigenvalue weighted by molar-refractivity contribution is 7.20. The van der Waals surface area contributed by atoms with Crippen LogP contribution in [0.3, 0.4) is 0 Å². The number of hydrogen-bond acceptors (Lipinski definition) is 3. The molecule has 0 unspecified atom stereocenters. The van der Waals surface area contributed by atoms with Gasteiger partial charge in [0.1, 0.15) is 5.70 Å². The Hall–Kier alpha value is -2.14. The Balaban J connectivity index is 2.51. The molecule has 19 heavy (non-hydrogen) atoms. The smallest absolute Gasteiger partial charge is 0.352 e. The van der Waals surface area contributed by atoms with Gasteiger partial charge in [0.25, 0.3) is 0 Å². The van der Waals surface area contributed by atoms with Gasteiger partial charge in [0.05, 0.1) is 0 Å². The Morgan fingerprint density at radius 3 is 2.58 bits per heavy atom. The summed E-state index contributed by atoms with van der Waals surface area (Å²) >= 11 is 1.51. The molecule has 2 aromatic rings. The Bertz CT molecular complexity index is 685. The van der Waals surface area contributed by atoms with Crippen LogP contribution in [0.2, 0.25) is 0 Å². The third-order valence-electron chi connectivity index (χ3n) is 2.70. The van der Waals surface area contributed by atoms with Crippen LogP contribution in [-0.2, 0) is 9.59 Å². The lowest BCUT2D eigenvalue weighted by Crippen LogP contribution is -2.24. The summed E-state index contributed by atoms with van der Waals surface area (Å²) in [4.78, 5) is 22.9. The van der Waals surface area contributed by atoms with Crippen LogP contribution in [0, 0.1) is 6.92 Å². The second-order valence-electron chi connectivity index (χ2n) is 4.13. The van der Waals surface area contributed by atoms with Crippen LogP contribution in [0.15, 0.2) is 30.0 Å². The average molecular weight is 275 g/mol. The van der Waals surface area contributed by atoms with Crippen molar-refractivity contribution in [2.45, 2.75) is 13.8 Å². The molecule has 0 saturated heterocycles. The van der Waals surface area contributed by atoms with Gasteiger partial charge in [0.2, 0.25) is 5.91 Å². The molecule has 0 aliphatic rings. The van der Waals surface area contributed by atoms with Crippen molar-refractivity contribution in [2.75, 3.05) is 0 Å². The van der Waals surface area contributed by atoms with Gasteiger partial charge in [-0.2, -0.15) is 0 Å². The van der Waals surface area contributed by atoms with Gasteiger partial charge < -0.3 is 10.4 Å². The van der Waals surface area contributed by atoms with E-state index < -0.39 is 11.9 Å². The van der Waals surface area contributed by atoms with E-state index in [0.29, 0.717) is 0 Å². The first-order chi connectivity index (χ1) is 8.99. The van der Waals surface area contributed by atoms with Crippen molar-refractivity contribution in [1.82, 2.24) is 5.32 Å². The summed E-state index contributed by atoms with van der Waals surface area (Å²) in [6.07, 6.45) is 1.50. The van der Waals surface area contributed by atoms with Crippen LogP contribution in [0.4, 0.5) is 0 Å². The molecule has 0 aliphatic carbocycles. The Morgan fingerprint density at radius 1 is 1.32 bits per heavy atom. The summed E-state index contributed by atoms with van der Waals surface area (Å²) in [5, 5.41) is 12.5. The van der Waals surface area contributed by atoms with E-state index in [1.165, 1.54) is 24.3 Å². The van der Waals surface area contributed by atoms with Crippen LogP contribution < -0.4 is 5.32 Å². The molecule has 2 rings (SSSR count). The summed E-state index contributed by atoms with van der Waals surface area (Å²) in [7, 11) is 0. The molecule has 0 radical (unpaired) electrons. The zero-order chi connectivity index (χ0) is 14.0. The molecule has 0 atom stereocenters. The molecular weight excluding hydrogens is 262 g/mol. The SMILES string of the molecule is CC(=O)N/C(=C/c1sc2ccccc2c1C)C(=O)O. The number of carbonyl (C=O) groups excluding carboxylic acids is 1. The molecule has 0 aliphatic heterocycles. The molecule has 0 fully saturated rings. The average Bonchev–Trinajstić information content (AvgIpc) is 2.65. The van der Waals surface area contributed by atoms with Crippen molar-refractivity contribution in [1.29, 1.82) is 0 Å². The van der Waals surface area contributed by atoms with Gasteiger partial charge >= 0.3 is 5.97 Å². The molecule has 1 aromatic heterocycles. The zero-order valence-corrected chi connectivity index (χ0v) is 11.4. The number of carboxylic acids is 1. The summed E-state index contributed by atoms with van der Waals surface area (Å²) < 4.78 is 1.10. The maximum atomic E-state index is 11.1. The van der Waals surface area contributed by atoms with Gasteiger partial charge in [0.15, 0.2) is 0 Å². The minimum atomic E-state index is -1.15. The van der Waals surface area contributed by atoms with E-state index in [9.17, 15) is 9.59 Å². The Labute approximate surface area is 114 Å². The van der Waals surface area contributed by atoms with Crippen LogP contribution in [0.5, 0.6) is 0 Å². The highest BCUT2D eigenvalue weighted by Crippen LogP contribution is 2.31. The first-order valence-electron chi connectivity index (χ1n) is 5.69. The fourth-order valence-electron chi connectivity index (χ4n) is 1.80. The van der Waals surface area contributed by atoms with E-state index in [2.05, 4.69) is 5.32 Å². The maximum Gasteiger partial charge on any atom is 0.352 e. The number of carboxylic acid groups (broad SMARTS) is 1. The molecule has 98 valence electrons. The van der Waals surface area contributed by atoms with E-state index in [1.54, 1.807) is 0 Å². The summed E-state index contributed by atoms with van der Waals surface area (Å²) in [5.74, 6) is -1.54. The lowest BCUT2D eigenvalue weighted by atomic mass is 10.1. The quantitative estimate of drug-likeness (QED) is 0.846. The summed E-state index contributed by atoms with van der Waals surface area (Å²) in [6.45, 7) is 3.23. The largest absolute Gasteiger partial charge is 0.477 e. The van der Waals surface area contributed by atoms with E-state index in [-0.39, 0.29) is 5.70 Å². The van der Waals surface area contributed by atoms with E-state index in [4.69, 9.17) is 5.11 Å². The van der Waals surface area contributed by atoms with E-state index >= 15 is 0 Å². The number of rotatable bonds is 3. The van der Waals surface area contributed by atoms with Crippen molar-refractivity contribution in [3.05, 3.63) is 40.4 Å². The van der Waals surface area contributed by atoms with Crippen LogP contribution >= 0.6 is 11.3 Å². The Morgan fingerprint density at radius 2 is 2.00 bits per heavy atom. The first-order valence-corrected chi connectivity index (χ1v) is 6.51. The number of aliphatic carboxylic acids is 1. The van der Waals surface area contributed by atoms with Gasteiger partial charge in [-0.15, -0.1) is 11.3 Å². The molecule has 0 saturated carbocycles. The van der Waals surface area contributed by atoms with E-state index in [1.807, 2.05) is 31.2 Å². The minimum absolute atomic E-state index is 0.109. The number of fused-ring (bicyclic) bond motifs is 1. The zero-order valence-electron chi connectivity index (χ0n) is 10.6. The highest BCUT2D eigenvalue weighted by Gasteiger charge is 2.12. The Kier molecular flexibility index (Phi) is 3.66. The first kappa shape index (κ1) is 13.3. The summed E-state index contributed by atoms with van der Waals surface area (Å²) in [6, 6.07) is 7.87. The highest BCUT2D eigenvalue weighted by atomic mass is 32.1. The van der Waals surface area contributed by atoms with Gasteiger partial charge in [-0.25, -0.2) is 4.79 Å². The van der Waals surface area contributed by atoms with Crippen molar-refractivity contribution >= 4 is 39.4 Å². The molecule has 1 aromatic carbocycles. The molecular formula is C14H13NO3S. The van der Waals surface area contributed by atoms with Crippen molar-refractivity contribution in [3.63, 3.8) is 0 Å². The fourth-order valence-corrected chi connectivity index (χ4v) is 2.96. The molecule has 1 heterocycles. The van der Waals surface area contributed by atoms with Crippen molar-refractivity contribution < 1.29 is 14.7 Å². The maximum absolute atomic E-state index is 11.1. The third kappa shape index (κ3) is 2.82. The van der Waals surface area contributed by atoms with Gasteiger partial charge in [-0.1, -0.05) is 18.2 Å². The van der Waals surface area contributed by atoms with Crippen LogP contribution in [0.1, 0.15) is 17.4 Å². The van der Waals surface area contributed by atoms with Crippen molar-refractivity contribution in [2.24, 2.45) is 0 Å². The number of nitrogens with one attached hydrogen (secondary N) is 1. The summed E-state index contributed by atoms with van der Waals surface area (Å²) in [5.41, 5.74) is 0.909. The number of aryl methyl sites for hydroxylation is 1. The molecule has 2 N–H and O–H groups in total. The number of benzene rings is 1. The van der Waals surface area contributed by atoms with Crippen LogP contribution in [0.25, 0.3) is 16.2 Å². The van der Waals surface area contributed by atoms with Gasteiger partial charge in [-0.05, 0) is 30.0 Å². The van der Waals surface area contributed by atoms with Crippen molar-refractivity contribution in [3.8, 4) is 0 Å². The number of hydrogen-bond donors (Lipinski definition) is 2. The fraction of sp³-hybridized carbons (Fsp3) is 0.143. The number of amides is 1. The van der Waals surface area contributed by atoms with Gasteiger partial charge in [-0.3, -0.25) is 4.79 Å². The molecule has 5 heteroatoms. The molecule has 4 nitrogen and oxygen atoms in total. The molecule has 0 bridgehead atoms. The predicted molar refractivity (Wildman–Crippen MR) is 76.0 cm³/mol. The third-order valence-corrected chi connectivity index (χ3v) is 3.92.